The summed E-state index contributed by atoms with van der Waals surface area (Å²) in [5.74, 6) is -0.350. The average Bonchev–Trinajstić information content (AvgIpc) is 3.52. The van der Waals surface area contributed by atoms with Crippen LogP contribution in [0.5, 0.6) is 0 Å². The molecule has 2 aliphatic heterocycles. The lowest BCUT2D eigenvalue weighted by molar-refractivity contribution is -0.438. The summed E-state index contributed by atoms with van der Waals surface area (Å²) in [5.41, 5.74) is 6.88. The van der Waals surface area contributed by atoms with E-state index in [-0.39, 0.29) is 28.0 Å². The van der Waals surface area contributed by atoms with E-state index < -0.39 is 10.1 Å². The van der Waals surface area contributed by atoms with Gasteiger partial charge >= 0.3 is 5.97 Å². The lowest BCUT2D eigenvalue weighted by Gasteiger charge is -2.27. The summed E-state index contributed by atoms with van der Waals surface area (Å²) in [6.07, 6.45) is 19.0. The molecule has 4 aromatic rings. The molecule has 0 saturated carbocycles. The van der Waals surface area contributed by atoms with Gasteiger partial charge in [-0.1, -0.05) is 126 Å². The van der Waals surface area contributed by atoms with E-state index in [1.165, 1.54) is 44.1 Å². The molecule has 0 bridgehead atoms. The number of rotatable bonds is 16. The van der Waals surface area contributed by atoms with Gasteiger partial charge in [-0.05, 0) is 83.8 Å². The van der Waals surface area contributed by atoms with Crippen molar-refractivity contribution in [1.29, 1.82) is 0 Å². The number of allylic oxidation sites excluding steroid dienone is 8. The Morgan fingerprint density at radius 1 is 0.759 bits per heavy atom. The van der Waals surface area contributed by atoms with Gasteiger partial charge in [0.1, 0.15) is 6.54 Å². The van der Waals surface area contributed by atoms with Crippen molar-refractivity contribution in [3.05, 3.63) is 132 Å². The number of benzene rings is 4. The number of fused-ring (bicyclic) bond motifs is 6. The highest BCUT2D eigenvalue weighted by molar-refractivity contribution is 7.85. The van der Waals surface area contributed by atoms with Crippen molar-refractivity contribution in [1.82, 2.24) is 0 Å². The highest BCUT2D eigenvalue weighted by Crippen LogP contribution is 2.51. The largest absolute Gasteiger partial charge is 0.465 e. The van der Waals surface area contributed by atoms with Crippen molar-refractivity contribution in [3.8, 4) is 0 Å². The van der Waals surface area contributed by atoms with Gasteiger partial charge in [0.25, 0.3) is 10.1 Å². The van der Waals surface area contributed by atoms with Crippen LogP contribution in [0.4, 0.5) is 11.4 Å². The first-order chi connectivity index (χ1) is 27.5. The molecule has 8 heteroatoms. The first-order valence-electron chi connectivity index (χ1n) is 20.8. The second-order valence-electron chi connectivity index (χ2n) is 18.0. The number of hydrogen-bond acceptors (Lipinski definition) is 5. The van der Waals surface area contributed by atoms with Crippen LogP contribution in [0.3, 0.4) is 0 Å². The molecule has 6 rings (SSSR count). The fraction of sp³-hybridized carbons (Fsp3) is 0.400. The molecule has 2 aliphatic rings. The number of ether oxygens (including phenoxy) is 1. The van der Waals surface area contributed by atoms with Gasteiger partial charge in [-0.3, -0.25) is 9.35 Å². The molecule has 0 saturated heterocycles. The lowest BCUT2D eigenvalue weighted by Crippen LogP contribution is -2.28. The minimum atomic E-state index is -4.00. The fourth-order valence-corrected chi connectivity index (χ4v) is 9.25. The Morgan fingerprint density at radius 3 is 2.09 bits per heavy atom. The first kappa shape index (κ1) is 42.8. The third-order valence-electron chi connectivity index (χ3n) is 11.4. The third-order valence-corrected chi connectivity index (χ3v) is 12.2. The Kier molecular flexibility index (Phi) is 13.0. The molecule has 7 nitrogen and oxygen atoms in total. The van der Waals surface area contributed by atoms with Crippen LogP contribution in [0.25, 0.3) is 21.5 Å². The Balaban J connectivity index is 1.20. The molecule has 0 spiro atoms. The van der Waals surface area contributed by atoms with Gasteiger partial charge in [0.15, 0.2) is 5.71 Å². The van der Waals surface area contributed by atoms with Crippen molar-refractivity contribution >= 4 is 54.7 Å². The summed E-state index contributed by atoms with van der Waals surface area (Å²) in [4.78, 5) is 14.8. The van der Waals surface area contributed by atoms with E-state index in [1.807, 2.05) is 0 Å². The van der Waals surface area contributed by atoms with Crippen LogP contribution in [-0.2, 0) is 30.5 Å². The SMILES string of the molecule is CC(C)(C)COC(=O)CCCCCN1/C(=C/C=C/C=C/C=C/C2=[N+](CCCCS(=O)(=O)O)c3ccc4ccccc4c3C2(C)C)C(C)(C)c2c1ccc1ccccc21. The third kappa shape index (κ3) is 9.73. The Bertz CT molecular complexity index is 2430. The highest BCUT2D eigenvalue weighted by Gasteiger charge is 2.45. The summed E-state index contributed by atoms with van der Waals surface area (Å²) in [7, 11) is -4.00. The predicted molar refractivity (Wildman–Crippen MR) is 241 cm³/mol. The number of nitrogens with zero attached hydrogens (tertiary/aromatic N) is 2. The molecule has 1 N–H and O–H groups in total. The number of unbranched alkanes of at least 4 members (excludes halogenated alkanes) is 3. The predicted octanol–water partition coefficient (Wildman–Crippen LogP) is 11.5. The molecule has 0 unspecified atom stereocenters. The normalized spacial score (nSPS) is 17.2. The molecular weight excluding hydrogens is 741 g/mol. The number of anilines is 1. The van der Waals surface area contributed by atoms with E-state index in [1.54, 1.807) is 0 Å². The molecule has 58 heavy (non-hydrogen) atoms. The minimum absolute atomic E-state index is 0.0322. The van der Waals surface area contributed by atoms with E-state index >= 15 is 0 Å². The minimum Gasteiger partial charge on any atom is -0.465 e. The van der Waals surface area contributed by atoms with Crippen LogP contribution in [0.2, 0.25) is 0 Å². The van der Waals surface area contributed by atoms with E-state index in [0.29, 0.717) is 32.4 Å². The van der Waals surface area contributed by atoms with Crippen LogP contribution in [-0.4, -0.2) is 54.7 Å². The molecule has 4 aromatic carbocycles. The van der Waals surface area contributed by atoms with E-state index in [0.717, 1.165) is 37.2 Å². The Hall–Kier alpha value is -4.79. The molecule has 0 atom stereocenters. The maximum absolute atomic E-state index is 12.3. The number of esters is 1. The molecule has 0 radical (unpaired) electrons. The van der Waals surface area contributed by atoms with Crippen molar-refractivity contribution in [2.24, 2.45) is 5.41 Å². The van der Waals surface area contributed by atoms with Crippen LogP contribution in [0.1, 0.15) is 98.1 Å². The van der Waals surface area contributed by atoms with Crippen molar-refractivity contribution in [2.75, 3.05) is 30.3 Å². The van der Waals surface area contributed by atoms with Gasteiger partial charge in [-0.15, -0.1) is 0 Å². The van der Waals surface area contributed by atoms with Crippen LogP contribution in [0, 0.1) is 5.41 Å². The summed E-state index contributed by atoms with van der Waals surface area (Å²) in [5, 5.41) is 4.94. The molecule has 0 aliphatic carbocycles. The summed E-state index contributed by atoms with van der Waals surface area (Å²) < 4.78 is 40.0. The second kappa shape index (κ2) is 17.6. The van der Waals surface area contributed by atoms with Gasteiger partial charge in [0.2, 0.25) is 5.69 Å². The van der Waals surface area contributed by atoms with Gasteiger partial charge in [0.05, 0.1) is 17.8 Å². The van der Waals surface area contributed by atoms with Gasteiger partial charge < -0.3 is 9.64 Å². The van der Waals surface area contributed by atoms with Crippen LogP contribution < -0.4 is 4.90 Å². The van der Waals surface area contributed by atoms with Gasteiger partial charge in [-0.2, -0.15) is 13.0 Å². The Labute approximate surface area is 346 Å². The van der Waals surface area contributed by atoms with E-state index in [2.05, 4.69) is 173 Å². The second-order valence-corrected chi connectivity index (χ2v) is 19.6. The molecule has 0 aromatic heterocycles. The smallest absolute Gasteiger partial charge is 0.305 e. The number of carbonyl (C=O) groups is 1. The summed E-state index contributed by atoms with van der Waals surface area (Å²) in [6, 6.07) is 25.9. The topological polar surface area (TPSA) is 86.9 Å². The average molecular weight is 802 g/mol. The zero-order chi connectivity index (χ0) is 41.7. The van der Waals surface area contributed by atoms with Gasteiger partial charge in [-0.25, -0.2) is 0 Å². The van der Waals surface area contributed by atoms with Crippen LogP contribution >= 0.6 is 0 Å². The Morgan fingerprint density at radius 2 is 1.40 bits per heavy atom. The number of hydrogen-bond donors (Lipinski definition) is 1. The maximum Gasteiger partial charge on any atom is 0.305 e. The molecule has 0 fully saturated rings. The zero-order valence-electron chi connectivity index (χ0n) is 35.4. The fourth-order valence-electron chi connectivity index (χ4n) is 8.68. The van der Waals surface area contributed by atoms with E-state index in [9.17, 15) is 17.8 Å². The van der Waals surface area contributed by atoms with Crippen LogP contribution in [0.15, 0.2) is 121 Å². The van der Waals surface area contributed by atoms with Gasteiger partial charge in [0, 0.05) is 53.9 Å². The summed E-state index contributed by atoms with van der Waals surface area (Å²) in [6.45, 7) is 17.3. The molecule has 306 valence electrons. The molecule has 0 amide bonds. The quantitative estimate of drug-likeness (QED) is 0.0399. The summed E-state index contributed by atoms with van der Waals surface area (Å²) >= 11 is 0. The molecular formula is C50H61N2O5S+. The van der Waals surface area contributed by atoms with Crippen molar-refractivity contribution in [2.45, 2.75) is 97.8 Å². The molecule has 2 heterocycles. The lowest BCUT2D eigenvalue weighted by atomic mass is 9.79. The standard InChI is InChI=1S/C50H60N2O5S/c1-48(2,3)36-57-45(53)28-14-11-19-33-51-41-31-29-37-22-15-17-24-39(37)46(41)49(4,5)43(51)26-12-9-8-10-13-27-44-50(6,7)47-40-25-18-16-23-38(40)30-32-42(47)52(44)34-20-21-35-58(54,55)56/h8-10,12-13,15-18,22-27,29-32H,11,14,19-21,28,33-36H2,1-7H3/p+1. The zero-order valence-corrected chi connectivity index (χ0v) is 36.2. The van der Waals surface area contributed by atoms with Crippen molar-refractivity contribution in [3.63, 3.8) is 0 Å². The highest BCUT2D eigenvalue weighted by atomic mass is 32.2. The van der Waals surface area contributed by atoms with Crippen molar-refractivity contribution < 1.29 is 27.1 Å². The van der Waals surface area contributed by atoms with E-state index in [4.69, 9.17) is 4.74 Å². The maximum atomic E-state index is 12.3. The first-order valence-corrected chi connectivity index (χ1v) is 22.4. The monoisotopic (exact) mass is 801 g/mol. The number of carbonyl (C=O) groups excluding carboxylic acids is 1.